The number of nitro benzene ring substituents is 3. The lowest BCUT2D eigenvalue weighted by molar-refractivity contribution is -0.401. The van der Waals surface area contributed by atoms with Crippen molar-refractivity contribution in [1.82, 2.24) is 4.98 Å². The minimum absolute atomic E-state index is 0.206. The van der Waals surface area contributed by atoms with Crippen molar-refractivity contribution in [2.45, 2.75) is 6.92 Å². The van der Waals surface area contributed by atoms with Gasteiger partial charge in [0.25, 0.3) is 5.69 Å². The molecule has 2 rings (SSSR count). The smallest absolute Gasteiger partial charge is 0.306 e. The Labute approximate surface area is 125 Å². The molecule has 1 aromatic heterocycles. The van der Waals surface area contributed by atoms with Crippen molar-refractivity contribution in [2.24, 2.45) is 0 Å². The minimum Gasteiger partial charge on any atom is -0.320 e. The van der Waals surface area contributed by atoms with Gasteiger partial charge in [-0.25, -0.2) is 4.98 Å². The number of anilines is 2. The number of benzene rings is 1. The van der Waals surface area contributed by atoms with Gasteiger partial charge >= 0.3 is 11.4 Å². The Morgan fingerprint density at radius 2 is 1.59 bits per heavy atom. The van der Waals surface area contributed by atoms with Crippen molar-refractivity contribution in [3.05, 3.63) is 53.5 Å². The SMILES string of the molecule is Cc1csc(Nc2c([N+](=O)[O-])cc([N+](=O)[O-])cc2[N+](=O)[O-])n1. The molecule has 0 atom stereocenters. The van der Waals surface area contributed by atoms with Crippen LogP contribution in [0.4, 0.5) is 27.9 Å². The van der Waals surface area contributed by atoms with E-state index >= 15 is 0 Å². The standard InChI is InChI=1S/C10H7N5O6S/c1-5-4-22-10(11-5)12-9-7(14(18)19)2-6(13(16)17)3-8(9)15(20)21/h2-4H,1H3,(H,11,12). The topological polar surface area (TPSA) is 154 Å². The summed E-state index contributed by atoms with van der Waals surface area (Å²) in [7, 11) is 0. The normalized spacial score (nSPS) is 10.2. The summed E-state index contributed by atoms with van der Waals surface area (Å²) in [6.07, 6.45) is 0. The van der Waals surface area contributed by atoms with E-state index in [4.69, 9.17) is 0 Å². The first-order valence-corrected chi connectivity index (χ1v) is 6.48. The summed E-state index contributed by atoms with van der Waals surface area (Å²) in [5.74, 6) is 0. The van der Waals surface area contributed by atoms with Crippen LogP contribution in [0.1, 0.15) is 5.69 Å². The van der Waals surface area contributed by atoms with Gasteiger partial charge in [-0.15, -0.1) is 11.3 Å². The molecule has 0 bridgehead atoms. The van der Waals surface area contributed by atoms with E-state index in [0.29, 0.717) is 17.8 Å². The number of aryl methyl sites for hydroxylation is 1. The van der Waals surface area contributed by atoms with E-state index in [9.17, 15) is 30.3 Å². The molecule has 1 N–H and O–H groups in total. The zero-order valence-electron chi connectivity index (χ0n) is 10.9. The summed E-state index contributed by atoms with van der Waals surface area (Å²) in [6.45, 7) is 1.68. The molecule has 0 saturated heterocycles. The maximum Gasteiger partial charge on any atom is 0.306 e. The highest BCUT2D eigenvalue weighted by Crippen LogP contribution is 2.40. The maximum absolute atomic E-state index is 11.1. The van der Waals surface area contributed by atoms with Gasteiger partial charge in [0.1, 0.15) is 0 Å². The van der Waals surface area contributed by atoms with Crippen molar-refractivity contribution in [1.29, 1.82) is 0 Å². The van der Waals surface area contributed by atoms with E-state index in [1.165, 1.54) is 0 Å². The Balaban J connectivity index is 2.65. The van der Waals surface area contributed by atoms with E-state index in [1.807, 2.05) is 0 Å². The summed E-state index contributed by atoms with van der Waals surface area (Å²) in [5.41, 5.74) is -2.10. The number of nitrogens with one attached hydrogen (secondary N) is 1. The summed E-state index contributed by atoms with van der Waals surface area (Å²) >= 11 is 1.09. The maximum atomic E-state index is 11.1. The third-order valence-electron chi connectivity index (χ3n) is 2.54. The van der Waals surface area contributed by atoms with Gasteiger partial charge in [0.15, 0.2) is 10.8 Å². The Morgan fingerprint density at radius 1 is 1.05 bits per heavy atom. The predicted octanol–water partition coefficient (Wildman–Crippen LogP) is 2.92. The average Bonchev–Trinajstić information content (AvgIpc) is 2.83. The Morgan fingerprint density at radius 3 is 1.95 bits per heavy atom. The third kappa shape index (κ3) is 2.95. The van der Waals surface area contributed by atoms with Gasteiger partial charge in [-0.2, -0.15) is 0 Å². The molecule has 0 radical (unpaired) electrons. The zero-order chi connectivity index (χ0) is 16.4. The molecular formula is C10H7N5O6S. The molecule has 22 heavy (non-hydrogen) atoms. The van der Waals surface area contributed by atoms with Crippen molar-refractivity contribution < 1.29 is 14.8 Å². The number of hydrogen-bond donors (Lipinski definition) is 1. The Bertz CT molecular complexity index is 753. The molecule has 0 aliphatic rings. The Kier molecular flexibility index (Phi) is 3.94. The fourth-order valence-corrected chi connectivity index (χ4v) is 2.33. The second-order valence-electron chi connectivity index (χ2n) is 4.05. The third-order valence-corrected chi connectivity index (χ3v) is 3.41. The van der Waals surface area contributed by atoms with Crippen LogP contribution in [-0.2, 0) is 0 Å². The van der Waals surface area contributed by atoms with Gasteiger partial charge in [0, 0.05) is 5.38 Å². The monoisotopic (exact) mass is 325 g/mol. The van der Waals surface area contributed by atoms with Crippen molar-refractivity contribution in [3.63, 3.8) is 0 Å². The van der Waals surface area contributed by atoms with Crippen molar-refractivity contribution in [2.75, 3.05) is 5.32 Å². The first-order valence-electron chi connectivity index (χ1n) is 5.60. The van der Waals surface area contributed by atoms with E-state index < -0.39 is 37.5 Å². The van der Waals surface area contributed by atoms with Crippen LogP contribution in [0.5, 0.6) is 0 Å². The highest BCUT2D eigenvalue weighted by Gasteiger charge is 2.31. The lowest BCUT2D eigenvalue weighted by Crippen LogP contribution is -2.03. The highest BCUT2D eigenvalue weighted by atomic mass is 32.1. The summed E-state index contributed by atoms with van der Waals surface area (Å²) < 4.78 is 0. The highest BCUT2D eigenvalue weighted by molar-refractivity contribution is 7.13. The van der Waals surface area contributed by atoms with Crippen molar-refractivity contribution in [3.8, 4) is 0 Å². The second-order valence-corrected chi connectivity index (χ2v) is 4.91. The zero-order valence-corrected chi connectivity index (χ0v) is 11.7. The van der Waals surface area contributed by atoms with Crippen LogP contribution < -0.4 is 5.32 Å². The molecule has 114 valence electrons. The first-order chi connectivity index (χ1) is 10.3. The molecule has 0 amide bonds. The molecule has 0 aliphatic heterocycles. The second kappa shape index (κ2) is 5.69. The van der Waals surface area contributed by atoms with Crippen molar-refractivity contribution >= 4 is 39.2 Å². The van der Waals surface area contributed by atoms with Crippen LogP contribution in [-0.4, -0.2) is 19.8 Å². The summed E-state index contributed by atoms with van der Waals surface area (Å²) in [5, 5.41) is 37.2. The number of rotatable bonds is 5. The molecule has 2 aromatic rings. The molecule has 0 saturated carbocycles. The summed E-state index contributed by atoms with van der Waals surface area (Å²) in [4.78, 5) is 34.1. The largest absolute Gasteiger partial charge is 0.320 e. The summed E-state index contributed by atoms with van der Waals surface area (Å²) in [6, 6.07) is 1.32. The van der Waals surface area contributed by atoms with Crippen LogP contribution in [0.15, 0.2) is 17.5 Å². The molecule has 0 fully saturated rings. The van der Waals surface area contributed by atoms with E-state index in [-0.39, 0.29) is 5.13 Å². The van der Waals surface area contributed by atoms with Gasteiger partial charge in [0.2, 0.25) is 0 Å². The Hall–Kier alpha value is -3.15. The van der Waals surface area contributed by atoms with Gasteiger partial charge in [-0.1, -0.05) is 0 Å². The number of hydrogen-bond acceptors (Lipinski definition) is 9. The van der Waals surface area contributed by atoms with Gasteiger partial charge in [-0.3, -0.25) is 30.3 Å². The molecule has 1 heterocycles. The lowest BCUT2D eigenvalue weighted by atomic mass is 10.2. The molecule has 11 nitrogen and oxygen atoms in total. The minimum atomic E-state index is -0.933. The molecule has 0 unspecified atom stereocenters. The van der Waals surface area contributed by atoms with E-state index in [0.717, 1.165) is 11.3 Å². The van der Waals surface area contributed by atoms with Crippen LogP contribution in [0.3, 0.4) is 0 Å². The fourth-order valence-electron chi connectivity index (χ4n) is 1.64. The number of aromatic nitrogens is 1. The van der Waals surface area contributed by atoms with Gasteiger partial charge < -0.3 is 5.32 Å². The van der Waals surface area contributed by atoms with Gasteiger partial charge in [-0.05, 0) is 6.92 Å². The van der Waals surface area contributed by atoms with Crippen LogP contribution in [0.25, 0.3) is 0 Å². The van der Waals surface area contributed by atoms with Crippen LogP contribution >= 0.6 is 11.3 Å². The average molecular weight is 325 g/mol. The predicted molar refractivity (Wildman–Crippen MR) is 76.5 cm³/mol. The number of thiazole rings is 1. The van der Waals surface area contributed by atoms with E-state index in [1.54, 1.807) is 12.3 Å². The fraction of sp³-hybridized carbons (Fsp3) is 0.100. The van der Waals surface area contributed by atoms with Crippen LogP contribution in [0.2, 0.25) is 0 Å². The number of non-ortho nitro benzene ring substituents is 1. The number of nitrogens with zero attached hydrogens (tertiary/aromatic N) is 4. The molecular weight excluding hydrogens is 318 g/mol. The van der Waals surface area contributed by atoms with Gasteiger partial charge in [0.05, 0.1) is 32.6 Å². The lowest BCUT2D eigenvalue weighted by Gasteiger charge is -2.05. The van der Waals surface area contributed by atoms with Crippen LogP contribution in [0, 0.1) is 37.3 Å². The number of nitro groups is 3. The molecule has 1 aromatic carbocycles. The quantitative estimate of drug-likeness (QED) is 0.649. The molecule has 0 spiro atoms. The van der Waals surface area contributed by atoms with E-state index in [2.05, 4.69) is 10.3 Å². The molecule has 12 heteroatoms. The molecule has 0 aliphatic carbocycles. The first kappa shape index (κ1) is 15.2.